The first-order chi connectivity index (χ1) is 11.7. The monoisotopic (exact) mass is 324 g/mol. The highest BCUT2D eigenvalue weighted by molar-refractivity contribution is 6.08. The molecule has 1 aliphatic carbocycles. The minimum Gasteiger partial charge on any atom is -0.497 e. The van der Waals surface area contributed by atoms with Gasteiger partial charge in [0.15, 0.2) is 0 Å². The molecular weight excluding hydrogens is 304 g/mol. The van der Waals surface area contributed by atoms with E-state index in [1.54, 1.807) is 20.4 Å². The predicted octanol–water partition coefficient (Wildman–Crippen LogP) is 2.68. The molecule has 2 aromatic rings. The van der Waals surface area contributed by atoms with Gasteiger partial charge in [-0.05, 0) is 42.7 Å². The molecule has 1 saturated carbocycles. The molecule has 2 heterocycles. The molecule has 24 heavy (non-hydrogen) atoms. The van der Waals surface area contributed by atoms with Gasteiger partial charge in [0.05, 0.1) is 36.6 Å². The van der Waals surface area contributed by atoms with Gasteiger partial charge in [0.25, 0.3) is 0 Å². The standard InChI is InChI=1S/C19H20N2O3/c1-23-14-7-5-13(6-8-14)12-21-16-4-3-9-20-17(16)19(18(21)22)10-15(11-19)24-2/h3-9,15H,10-12H2,1-2H3. The molecule has 1 aromatic heterocycles. The first kappa shape index (κ1) is 15.1. The summed E-state index contributed by atoms with van der Waals surface area (Å²) in [7, 11) is 3.35. The van der Waals surface area contributed by atoms with Crippen LogP contribution >= 0.6 is 0 Å². The number of pyridine rings is 1. The van der Waals surface area contributed by atoms with Crippen LogP contribution in [0.3, 0.4) is 0 Å². The minimum absolute atomic E-state index is 0.139. The summed E-state index contributed by atoms with van der Waals surface area (Å²) in [6.07, 6.45) is 3.34. The number of nitrogens with zero attached hydrogens (tertiary/aromatic N) is 2. The van der Waals surface area contributed by atoms with E-state index < -0.39 is 5.41 Å². The fraction of sp³-hybridized carbons (Fsp3) is 0.368. The second kappa shape index (κ2) is 5.60. The lowest BCUT2D eigenvalue weighted by atomic mass is 9.65. The largest absolute Gasteiger partial charge is 0.497 e. The first-order valence-electron chi connectivity index (χ1n) is 8.11. The van der Waals surface area contributed by atoms with Crippen molar-refractivity contribution in [2.75, 3.05) is 19.1 Å². The Hall–Kier alpha value is -2.40. The number of ether oxygens (including phenoxy) is 2. The highest BCUT2D eigenvalue weighted by Gasteiger charge is 2.59. The second-order valence-corrected chi connectivity index (χ2v) is 6.46. The van der Waals surface area contributed by atoms with Gasteiger partial charge >= 0.3 is 0 Å². The van der Waals surface area contributed by atoms with E-state index in [1.165, 1.54) is 0 Å². The highest BCUT2D eigenvalue weighted by atomic mass is 16.5. The van der Waals surface area contributed by atoms with Gasteiger partial charge in [-0.2, -0.15) is 0 Å². The number of benzene rings is 1. The van der Waals surface area contributed by atoms with E-state index in [2.05, 4.69) is 4.98 Å². The SMILES string of the molecule is COc1ccc(CN2C(=O)C3(CC(OC)C3)c3ncccc32)cc1. The van der Waals surface area contributed by atoms with Crippen LogP contribution in [0.25, 0.3) is 0 Å². The molecule has 5 nitrogen and oxygen atoms in total. The molecule has 0 radical (unpaired) electrons. The quantitative estimate of drug-likeness (QED) is 0.868. The van der Waals surface area contributed by atoms with Gasteiger partial charge in [-0.15, -0.1) is 0 Å². The Kier molecular flexibility index (Phi) is 3.53. The molecule has 124 valence electrons. The molecule has 0 N–H and O–H groups in total. The third kappa shape index (κ3) is 2.12. The van der Waals surface area contributed by atoms with Crippen LogP contribution in [0.5, 0.6) is 5.75 Å². The molecule has 0 unspecified atom stereocenters. The molecular formula is C19H20N2O3. The zero-order valence-corrected chi connectivity index (χ0v) is 13.9. The fourth-order valence-electron chi connectivity index (χ4n) is 3.78. The summed E-state index contributed by atoms with van der Waals surface area (Å²) in [6.45, 7) is 0.543. The van der Waals surface area contributed by atoms with Crippen molar-refractivity contribution in [2.45, 2.75) is 30.9 Å². The molecule has 2 aliphatic rings. The Morgan fingerprint density at radius 2 is 1.96 bits per heavy atom. The van der Waals surface area contributed by atoms with Crippen LogP contribution in [-0.4, -0.2) is 31.2 Å². The number of fused-ring (bicyclic) bond motifs is 2. The van der Waals surface area contributed by atoms with Crippen LogP contribution in [0.2, 0.25) is 0 Å². The van der Waals surface area contributed by atoms with Crippen molar-refractivity contribution in [3.8, 4) is 5.75 Å². The maximum Gasteiger partial charge on any atom is 0.239 e. The number of hydrogen-bond acceptors (Lipinski definition) is 4. The normalized spacial score (nSPS) is 24.8. The number of methoxy groups -OCH3 is 2. The van der Waals surface area contributed by atoms with Crippen molar-refractivity contribution in [2.24, 2.45) is 0 Å². The molecule has 0 saturated heterocycles. The Morgan fingerprint density at radius 3 is 2.62 bits per heavy atom. The number of anilines is 1. The van der Waals surface area contributed by atoms with Crippen LogP contribution < -0.4 is 9.64 Å². The summed E-state index contributed by atoms with van der Waals surface area (Å²) < 4.78 is 10.6. The smallest absolute Gasteiger partial charge is 0.239 e. The third-order valence-corrected chi connectivity index (χ3v) is 5.17. The van der Waals surface area contributed by atoms with Gasteiger partial charge in [0.2, 0.25) is 5.91 Å². The number of aromatic nitrogens is 1. The van der Waals surface area contributed by atoms with Gasteiger partial charge in [0, 0.05) is 13.3 Å². The summed E-state index contributed by atoms with van der Waals surface area (Å²) in [5, 5.41) is 0. The Bertz CT molecular complexity index is 766. The lowest BCUT2D eigenvalue weighted by Crippen LogP contribution is -2.52. The summed E-state index contributed by atoms with van der Waals surface area (Å²) in [4.78, 5) is 19.6. The number of carbonyl (C=O) groups is 1. The second-order valence-electron chi connectivity index (χ2n) is 6.46. The molecule has 0 bridgehead atoms. The van der Waals surface area contributed by atoms with Crippen LogP contribution in [-0.2, 0) is 21.5 Å². The van der Waals surface area contributed by atoms with Gasteiger partial charge < -0.3 is 14.4 Å². The topological polar surface area (TPSA) is 51.7 Å². The lowest BCUT2D eigenvalue weighted by Gasteiger charge is -2.42. The summed E-state index contributed by atoms with van der Waals surface area (Å²) in [6, 6.07) is 11.7. The van der Waals surface area contributed by atoms with Crippen LogP contribution in [0.1, 0.15) is 24.1 Å². The molecule has 0 atom stereocenters. The van der Waals surface area contributed by atoms with Crippen molar-refractivity contribution in [3.05, 3.63) is 53.9 Å². The molecule has 1 amide bonds. The van der Waals surface area contributed by atoms with Crippen molar-refractivity contribution >= 4 is 11.6 Å². The molecule has 1 fully saturated rings. The Labute approximate surface area is 141 Å². The van der Waals surface area contributed by atoms with Crippen LogP contribution in [0.15, 0.2) is 42.6 Å². The van der Waals surface area contributed by atoms with Crippen molar-refractivity contribution in [3.63, 3.8) is 0 Å². The summed E-state index contributed by atoms with van der Waals surface area (Å²) in [5.74, 6) is 0.951. The maximum absolute atomic E-state index is 13.2. The van der Waals surface area contributed by atoms with Gasteiger partial charge in [-0.3, -0.25) is 9.78 Å². The van der Waals surface area contributed by atoms with E-state index in [1.807, 2.05) is 41.3 Å². The lowest BCUT2D eigenvalue weighted by molar-refractivity contribution is -0.132. The maximum atomic E-state index is 13.2. The first-order valence-corrected chi connectivity index (χ1v) is 8.11. The average molecular weight is 324 g/mol. The predicted molar refractivity (Wildman–Crippen MR) is 90.1 cm³/mol. The van der Waals surface area contributed by atoms with Crippen LogP contribution in [0.4, 0.5) is 5.69 Å². The fourth-order valence-corrected chi connectivity index (χ4v) is 3.78. The van der Waals surface area contributed by atoms with Crippen molar-refractivity contribution in [1.82, 2.24) is 4.98 Å². The van der Waals surface area contributed by atoms with Crippen molar-refractivity contribution in [1.29, 1.82) is 0 Å². The van der Waals surface area contributed by atoms with E-state index in [-0.39, 0.29) is 12.0 Å². The van der Waals surface area contributed by atoms with Crippen molar-refractivity contribution < 1.29 is 14.3 Å². The van der Waals surface area contributed by atoms with E-state index >= 15 is 0 Å². The van der Waals surface area contributed by atoms with Crippen LogP contribution in [0, 0.1) is 0 Å². The highest BCUT2D eigenvalue weighted by Crippen LogP contribution is 2.53. The minimum atomic E-state index is -0.496. The number of amides is 1. The van der Waals surface area contributed by atoms with E-state index in [4.69, 9.17) is 9.47 Å². The summed E-state index contributed by atoms with van der Waals surface area (Å²) >= 11 is 0. The molecule has 1 aliphatic heterocycles. The molecule has 4 rings (SSSR count). The number of hydrogen-bond donors (Lipinski definition) is 0. The third-order valence-electron chi connectivity index (χ3n) is 5.17. The zero-order chi connectivity index (χ0) is 16.7. The van der Waals surface area contributed by atoms with Gasteiger partial charge in [-0.25, -0.2) is 0 Å². The number of rotatable bonds is 4. The zero-order valence-electron chi connectivity index (χ0n) is 13.9. The summed E-state index contributed by atoms with van der Waals surface area (Å²) in [5.41, 5.74) is 2.40. The molecule has 1 spiro atoms. The van der Waals surface area contributed by atoms with E-state index in [0.717, 1.165) is 22.7 Å². The van der Waals surface area contributed by atoms with Gasteiger partial charge in [-0.1, -0.05) is 12.1 Å². The number of carbonyl (C=O) groups excluding carboxylic acids is 1. The molecule has 1 aromatic carbocycles. The van der Waals surface area contributed by atoms with E-state index in [9.17, 15) is 4.79 Å². The molecule has 5 heteroatoms. The van der Waals surface area contributed by atoms with E-state index in [0.29, 0.717) is 19.4 Å². The average Bonchev–Trinajstić information content (AvgIpc) is 2.83. The Morgan fingerprint density at radius 1 is 1.21 bits per heavy atom. The van der Waals surface area contributed by atoms with Gasteiger partial charge in [0.1, 0.15) is 5.75 Å². The Balaban J connectivity index is 1.65.